The third-order valence-electron chi connectivity index (χ3n) is 3.80. The molecule has 10 N–H and O–H groups in total. The summed E-state index contributed by atoms with van der Waals surface area (Å²) in [5, 5.41) is 23.9. The fraction of sp³-hybridized carbons (Fsp3) is 0.438. The second kappa shape index (κ2) is 11.9. The number of carbonyl (C=O) groups is 6. The molecule has 0 spiro atoms. The summed E-state index contributed by atoms with van der Waals surface area (Å²) in [6, 6.07) is -4.35. The summed E-state index contributed by atoms with van der Waals surface area (Å²) in [6.45, 7) is -0.709. The molecule has 0 bridgehead atoms. The second-order valence-electron chi connectivity index (χ2n) is 6.39. The number of carboxylic acids is 2. The number of primary amides is 1. The Bertz CT molecular complexity index is 826. The summed E-state index contributed by atoms with van der Waals surface area (Å²) < 4.78 is 0. The van der Waals surface area contributed by atoms with Crippen LogP contribution >= 0.6 is 0 Å². The predicted octanol–water partition coefficient (Wildman–Crippen LogP) is -4.20. The fourth-order valence-electron chi connectivity index (χ4n) is 2.35. The molecule has 170 valence electrons. The van der Waals surface area contributed by atoms with Crippen LogP contribution in [-0.2, 0) is 35.2 Å². The van der Waals surface area contributed by atoms with Gasteiger partial charge in [0.1, 0.15) is 18.6 Å². The van der Waals surface area contributed by atoms with Gasteiger partial charge in [-0.05, 0) is 0 Å². The fourth-order valence-corrected chi connectivity index (χ4v) is 2.35. The van der Waals surface area contributed by atoms with Crippen molar-refractivity contribution < 1.29 is 39.0 Å². The second-order valence-corrected chi connectivity index (χ2v) is 6.39. The maximum absolute atomic E-state index is 12.6. The van der Waals surface area contributed by atoms with Crippen LogP contribution < -0.4 is 27.4 Å². The van der Waals surface area contributed by atoms with Gasteiger partial charge in [0.15, 0.2) is 0 Å². The highest BCUT2D eigenvalue weighted by atomic mass is 16.4. The van der Waals surface area contributed by atoms with E-state index < -0.39 is 73.1 Å². The van der Waals surface area contributed by atoms with Crippen LogP contribution in [0.5, 0.6) is 0 Å². The largest absolute Gasteiger partial charge is 0.481 e. The van der Waals surface area contributed by atoms with E-state index in [0.717, 1.165) is 0 Å². The Balaban J connectivity index is 2.95. The molecule has 0 aliphatic heterocycles. The Hall–Kier alpha value is -4.01. The SMILES string of the molecule is NC(=O)CC(NC(=O)C(N)CC(=O)O)C(=O)NC(Cc1cnc[nH]1)C(=O)NCC(=O)O. The number of aliphatic carboxylic acids is 2. The van der Waals surface area contributed by atoms with E-state index in [1.54, 1.807) is 0 Å². The molecule has 15 nitrogen and oxygen atoms in total. The van der Waals surface area contributed by atoms with E-state index in [1.807, 2.05) is 0 Å². The van der Waals surface area contributed by atoms with Crippen molar-refractivity contribution in [3.05, 3.63) is 18.2 Å². The van der Waals surface area contributed by atoms with Crippen molar-refractivity contribution in [2.75, 3.05) is 6.54 Å². The molecule has 1 heterocycles. The number of amides is 4. The van der Waals surface area contributed by atoms with Gasteiger partial charge in [0.2, 0.25) is 23.6 Å². The molecule has 3 atom stereocenters. The number of hydrogen-bond acceptors (Lipinski definition) is 8. The molecule has 0 fully saturated rings. The van der Waals surface area contributed by atoms with E-state index in [1.165, 1.54) is 12.5 Å². The van der Waals surface area contributed by atoms with Gasteiger partial charge < -0.3 is 42.6 Å². The van der Waals surface area contributed by atoms with Gasteiger partial charge in [-0.2, -0.15) is 0 Å². The molecule has 0 saturated heterocycles. The topological polar surface area (TPSA) is 260 Å². The van der Waals surface area contributed by atoms with Gasteiger partial charge >= 0.3 is 11.9 Å². The van der Waals surface area contributed by atoms with Crippen molar-refractivity contribution in [2.45, 2.75) is 37.4 Å². The molecule has 1 aromatic rings. The Morgan fingerprint density at radius 2 is 1.61 bits per heavy atom. The third-order valence-corrected chi connectivity index (χ3v) is 3.80. The molecule has 0 radical (unpaired) electrons. The average Bonchev–Trinajstić information content (AvgIpc) is 3.17. The summed E-state index contributed by atoms with van der Waals surface area (Å²) in [7, 11) is 0. The minimum absolute atomic E-state index is 0.118. The monoisotopic (exact) mass is 441 g/mol. The van der Waals surface area contributed by atoms with Crippen LogP contribution in [-0.4, -0.2) is 80.4 Å². The van der Waals surface area contributed by atoms with E-state index in [-0.39, 0.29) is 6.42 Å². The minimum Gasteiger partial charge on any atom is -0.481 e. The highest BCUT2D eigenvalue weighted by molar-refractivity contribution is 5.96. The lowest BCUT2D eigenvalue weighted by molar-refractivity contribution is -0.140. The zero-order valence-corrected chi connectivity index (χ0v) is 16.2. The molecule has 0 saturated carbocycles. The van der Waals surface area contributed by atoms with Crippen LogP contribution in [0.15, 0.2) is 12.5 Å². The lowest BCUT2D eigenvalue weighted by Gasteiger charge is -2.23. The number of carboxylic acid groups (broad SMARTS) is 2. The molecule has 31 heavy (non-hydrogen) atoms. The molecule has 4 amide bonds. The number of aromatic amines is 1. The van der Waals surface area contributed by atoms with Gasteiger partial charge in [-0.3, -0.25) is 28.8 Å². The van der Waals surface area contributed by atoms with Crippen molar-refractivity contribution in [2.24, 2.45) is 11.5 Å². The first-order chi connectivity index (χ1) is 14.5. The minimum atomic E-state index is -1.55. The third kappa shape index (κ3) is 9.35. The number of rotatable bonds is 13. The average molecular weight is 441 g/mol. The first-order valence-electron chi connectivity index (χ1n) is 8.82. The van der Waals surface area contributed by atoms with Crippen molar-refractivity contribution in [1.29, 1.82) is 0 Å². The molecule has 0 aromatic carbocycles. The van der Waals surface area contributed by atoms with E-state index in [4.69, 9.17) is 21.7 Å². The molecule has 15 heteroatoms. The summed E-state index contributed by atoms with van der Waals surface area (Å²) in [4.78, 5) is 76.1. The standard InChI is InChI=1S/C16H23N7O8/c17-8(2-12(25)26)14(29)22-10(3-11(18)24)16(31)23-9(1-7-4-19-6-21-7)15(30)20-5-13(27)28/h4,6,8-10H,1-3,5,17H2,(H2,18,24)(H,19,21)(H,20,30)(H,22,29)(H,23,31)(H,25,26)(H,27,28). The Morgan fingerprint density at radius 1 is 0.968 bits per heavy atom. The van der Waals surface area contributed by atoms with Gasteiger partial charge in [-0.25, -0.2) is 4.98 Å². The summed E-state index contributed by atoms with van der Waals surface area (Å²) in [5.74, 6) is -6.50. The number of nitrogens with two attached hydrogens (primary N) is 2. The highest BCUT2D eigenvalue weighted by Gasteiger charge is 2.30. The molecule has 0 aliphatic carbocycles. The van der Waals surface area contributed by atoms with Crippen molar-refractivity contribution in [3.8, 4) is 0 Å². The summed E-state index contributed by atoms with van der Waals surface area (Å²) in [6.07, 6.45) is 1.19. The number of imidazole rings is 1. The first kappa shape index (κ1) is 25.0. The summed E-state index contributed by atoms with van der Waals surface area (Å²) >= 11 is 0. The number of H-pyrrole nitrogens is 1. The molecule has 0 aliphatic rings. The van der Waals surface area contributed by atoms with E-state index in [2.05, 4.69) is 25.9 Å². The van der Waals surface area contributed by atoms with Gasteiger partial charge in [0.25, 0.3) is 0 Å². The van der Waals surface area contributed by atoms with Gasteiger partial charge in [0.05, 0.1) is 25.2 Å². The first-order valence-corrected chi connectivity index (χ1v) is 8.82. The predicted molar refractivity (Wildman–Crippen MR) is 101 cm³/mol. The van der Waals surface area contributed by atoms with Crippen LogP contribution in [0, 0.1) is 0 Å². The smallest absolute Gasteiger partial charge is 0.322 e. The lowest BCUT2D eigenvalue weighted by Crippen LogP contribution is -2.57. The maximum Gasteiger partial charge on any atom is 0.322 e. The number of nitrogens with zero attached hydrogens (tertiary/aromatic N) is 1. The zero-order chi connectivity index (χ0) is 23.6. The quantitative estimate of drug-likeness (QED) is 0.146. The van der Waals surface area contributed by atoms with Gasteiger partial charge in [-0.15, -0.1) is 0 Å². The Labute approximate surface area is 174 Å². The van der Waals surface area contributed by atoms with Crippen molar-refractivity contribution in [3.63, 3.8) is 0 Å². The number of hydrogen-bond donors (Lipinski definition) is 8. The summed E-state index contributed by atoms with van der Waals surface area (Å²) in [5.41, 5.74) is 11.0. The molecule has 1 rings (SSSR count). The Morgan fingerprint density at radius 3 is 2.13 bits per heavy atom. The number of aromatic nitrogens is 2. The lowest BCUT2D eigenvalue weighted by atomic mass is 10.1. The van der Waals surface area contributed by atoms with E-state index >= 15 is 0 Å². The van der Waals surface area contributed by atoms with Crippen LogP contribution in [0.4, 0.5) is 0 Å². The van der Waals surface area contributed by atoms with Gasteiger partial charge in [-0.1, -0.05) is 0 Å². The molecular weight excluding hydrogens is 418 g/mol. The van der Waals surface area contributed by atoms with Crippen LogP contribution in [0.2, 0.25) is 0 Å². The van der Waals surface area contributed by atoms with Crippen molar-refractivity contribution >= 4 is 35.6 Å². The normalized spacial score (nSPS) is 13.3. The number of nitrogens with one attached hydrogen (secondary N) is 4. The molecule has 3 unspecified atom stereocenters. The Kier molecular flexibility index (Phi) is 9.58. The number of carbonyl (C=O) groups excluding carboxylic acids is 4. The van der Waals surface area contributed by atoms with E-state index in [0.29, 0.717) is 5.69 Å². The molecular formula is C16H23N7O8. The van der Waals surface area contributed by atoms with Crippen LogP contribution in [0.3, 0.4) is 0 Å². The van der Waals surface area contributed by atoms with Crippen LogP contribution in [0.25, 0.3) is 0 Å². The molecule has 1 aromatic heterocycles. The maximum atomic E-state index is 12.6. The van der Waals surface area contributed by atoms with E-state index in [9.17, 15) is 28.8 Å². The highest BCUT2D eigenvalue weighted by Crippen LogP contribution is 2.02. The van der Waals surface area contributed by atoms with Crippen LogP contribution in [0.1, 0.15) is 18.5 Å². The van der Waals surface area contributed by atoms with Crippen molar-refractivity contribution in [1.82, 2.24) is 25.9 Å². The van der Waals surface area contributed by atoms with Gasteiger partial charge in [0, 0.05) is 18.3 Å². The zero-order valence-electron chi connectivity index (χ0n) is 16.2.